The van der Waals surface area contributed by atoms with Crippen molar-refractivity contribution in [2.75, 3.05) is 4.43 Å². The number of aromatic amines is 1. The standard InChI is InChI=1S/C14H16IN5/c15-7-9-1-3-10(4-2-9)12-13-11-5-6-16-14(11)17-8-20(13)19-18-12/h5-6,8-10,16H,1-4,7H2. The Balaban J connectivity index is 1.78. The minimum absolute atomic E-state index is 0.548. The quantitative estimate of drug-likeness (QED) is 0.547. The third kappa shape index (κ3) is 1.92. The first kappa shape index (κ1) is 12.6. The van der Waals surface area contributed by atoms with Crippen molar-refractivity contribution in [3.05, 3.63) is 24.3 Å². The number of alkyl halides is 1. The van der Waals surface area contributed by atoms with Gasteiger partial charge in [-0.2, -0.15) is 0 Å². The number of H-pyrrole nitrogens is 1. The number of halogens is 1. The number of fused-ring (bicyclic) bond motifs is 3. The van der Waals surface area contributed by atoms with Crippen LogP contribution in [0.4, 0.5) is 0 Å². The maximum Gasteiger partial charge on any atom is 0.141 e. The Bertz CT molecular complexity index is 738. The van der Waals surface area contributed by atoms with Gasteiger partial charge >= 0.3 is 0 Å². The van der Waals surface area contributed by atoms with E-state index in [1.54, 1.807) is 6.33 Å². The van der Waals surface area contributed by atoms with Crippen LogP contribution in [0.15, 0.2) is 18.6 Å². The summed E-state index contributed by atoms with van der Waals surface area (Å²) in [5.41, 5.74) is 3.21. The first-order chi connectivity index (χ1) is 9.86. The monoisotopic (exact) mass is 381 g/mol. The molecule has 0 bridgehead atoms. The molecule has 5 nitrogen and oxygen atoms in total. The highest BCUT2D eigenvalue weighted by Gasteiger charge is 2.26. The van der Waals surface area contributed by atoms with Crippen molar-refractivity contribution in [1.82, 2.24) is 24.8 Å². The summed E-state index contributed by atoms with van der Waals surface area (Å²) in [6, 6.07) is 2.07. The Hall–Kier alpha value is -1.18. The molecular weight excluding hydrogens is 365 g/mol. The van der Waals surface area contributed by atoms with Gasteiger partial charge in [-0.1, -0.05) is 27.8 Å². The first-order valence-corrected chi connectivity index (χ1v) is 8.62. The molecule has 0 radical (unpaired) electrons. The molecule has 1 aliphatic carbocycles. The van der Waals surface area contributed by atoms with Crippen molar-refractivity contribution in [3.8, 4) is 0 Å². The molecule has 3 aromatic rings. The molecule has 6 heteroatoms. The molecule has 0 saturated heterocycles. The van der Waals surface area contributed by atoms with Crippen molar-refractivity contribution >= 4 is 39.1 Å². The molecule has 20 heavy (non-hydrogen) atoms. The van der Waals surface area contributed by atoms with E-state index in [-0.39, 0.29) is 0 Å². The van der Waals surface area contributed by atoms with Crippen LogP contribution in [0.3, 0.4) is 0 Å². The number of rotatable bonds is 2. The molecule has 3 heterocycles. The second kappa shape index (κ2) is 4.98. The first-order valence-electron chi connectivity index (χ1n) is 7.10. The average molecular weight is 381 g/mol. The maximum absolute atomic E-state index is 4.46. The van der Waals surface area contributed by atoms with E-state index in [1.807, 2.05) is 10.7 Å². The molecule has 1 saturated carbocycles. The summed E-state index contributed by atoms with van der Waals surface area (Å²) in [7, 11) is 0. The van der Waals surface area contributed by atoms with E-state index in [2.05, 4.69) is 48.9 Å². The van der Waals surface area contributed by atoms with Gasteiger partial charge in [0.1, 0.15) is 17.5 Å². The third-order valence-corrected chi connectivity index (χ3v) is 5.69. The van der Waals surface area contributed by atoms with Gasteiger partial charge in [-0.25, -0.2) is 9.50 Å². The SMILES string of the molecule is ICC1CCC(c2nnn3cnc4[nH]ccc4c23)CC1. The van der Waals surface area contributed by atoms with Crippen LogP contribution in [-0.4, -0.2) is 29.2 Å². The summed E-state index contributed by atoms with van der Waals surface area (Å²) in [5, 5.41) is 9.84. The normalized spacial score (nSPS) is 23.6. The molecule has 0 aromatic carbocycles. The predicted molar refractivity (Wildman–Crippen MR) is 86.2 cm³/mol. The highest BCUT2D eigenvalue weighted by molar-refractivity contribution is 14.1. The van der Waals surface area contributed by atoms with Crippen LogP contribution in [-0.2, 0) is 0 Å². The highest BCUT2D eigenvalue weighted by atomic mass is 127. The fourth-order valence-electron chi connectivity index (χ4n) is 3.28. The Labute approximate surface area is 130 Å². The zero-order valence-corrected chi connectivity index (χ0v) is 13.2. The zero-order chi connectivity index (χ0) is 13.5. The van der Waals surface area contributed by atoms with E-state index in [0.717, 1.165) is 28.2 Å². The summed E-state index contributed by atoms with van der Waals surface area (Å²) >= 11 is 2.51. The van der Waals surface area contributed by atoms with Crippen LogP contribution in [0.2, 0.25) is 0 Å². The van der Waals surface area contributed by atoms with Gasteiger partial charge in [0.15, 0.2) is 0 Å². The predicted octanol–water partition coefficient (Wildman–Crippen LogP) is 3.31. The van der Waals surface area contributed by atoms with Crippen LogP contribution in [0, 0.1) is 5.92 Å². The Morgan fingerprint density at radius 3 is 2.95 bits per heavy atom. The second-order valence-electron chi connectivity index (χ2n) is 5.62. The summed E-state index contributed by atoms with van der Waals surface area (Å²) in [5.74, 6) is 1.44. The van der Waals surface area contributed by atoms with Crippen LogP contribution in [0.1, 0.15) is 37.3 Å². The van der Waals surface area contributed by atoms with Gasteiger partial charge in [-0.05, 0) is 37.7 Å². The minimum atomic E-state index is 0.548. The van der Waals surface area contributed by atoms with Gasteiger partial charge in [0.2, 0.25) is 0 Å². The lowest BCUT2D eigenvalue weighted by molar-refractivity contribution is 0.353. The Morgan fingerprint density at radius 2 is 2.15 bits per heavy atom. The lowest BCUT2D eigenvalue weighted by Crippen LogP contribution is -2.14. The summed E-state index contributed by atoms with van der Waals surface area (Å²) in [4.78, 5) is 7.52. The second-order valence-corrected chi connectivity index (χ2v) is 6.51. The average Bonchev–Trinajstić information content (AvgIpc) is 3.13. The molecule has 4 rings (SSSR count). The summed E-state index contributed by atoms with van der Waals surface area (Å²) < 4.78 is 3.09. The van der Waals surface area contributed by atoms with E-state index in [0.29, 0.717) is 5.92 Å². The fourth-order valence-corrected chi connectivity index (χ4v) is 4.16. The number of hydrogen-bond acceptors (Lipinski definition) is 3. The largest absolute Gasteiger partial charge is 0.346 e. The summed E-state index contributed by atoms with van der Waals surface area (Å²) in [6.07, 6.45) is 8.77. The number of nitrogens with zero attached hydrogens (tertiary/aromatic N) is 4. The van der Waals surface area contributed by atoms with Crippen LogP contribution in [0.5, 0.6) is 0 Å². The van der Waals surface area contributed by atoms with Crippen LogP contribution in [0.25, 0.3) is 16.6 Å². The van der Waals surface area contributed by atoms with Crippen LogP contribution < -0.4 is 0 Å². The molecule has 1 fully saturated rings. The third-order valence-electron chi connectivity index (χ3n) is 4.45. The highest BCUT2D eigenvalue weighted by Crippen LogP contribution is 2.38. The zero-order valence-electron chi connectivity index (χ0n) is 11.1. The van der Waals surface area contributed by atoms with Crippen molar-refractivity contribution in [1.29, 1.82) is 0 Å². The number of nitrogens with one attached hydrogen (secondary N) is 1. The van der Waals surface area contributed by atoms with Crippen molar-refractivity contribution in [2.24, 2.45) is 5.92 Å². The van der Waals surface area contributed by atoms with E-state index >= 15 is 0 Å². The molecule has 0 atom stereocenters. The molecule has 1 aliphatic rings. The van der Waals surface area contributed by atoms with Gasteiger partial charge in [0.05, 0.1) is 5.69 Å². The number of hydrogen-bond donors (Lipinski definition) is 1. The lowest BCUT2D eigenvalue weighted by atomic mass is 9.81. The topological polar surface area (TPSA) is 58.9 Å². The van der Waals surface area contributed by atoms with Crippen molar-refractivity contribution in [2.45, 2.75) is 31.6 Å². The molecule has 0 aliphatic heterocycles. The van der Waals surface area contributed by atoms with Gasteiger partial charge in [0.25, 0.3) is 0 Å². The van der Waals surface area contributed by atoms with Crippen molar-refractivity contribution in [3.63, 3.8) is 0 Å². The van der Waals surface area contributed by atoms with Gasteiger partial charge in [-0.15, -0.1) is 5.10 Å². The van der Waals surface area contributed by atoms with E-state index in [4.69, 9.17) is 0 Å². The molecule has 0 unspecified atom stereocenters. The fraction of sp³-hybridized carbons (Fsp3) is 0.500. The van der Waals surface area contributed by atoms with Gasteiger partial charge in [-0.3, -0.25) is 0 Å². The Morgan fingerprint density at radius 1 is 1.30 bits per heavy atom. The van der Waals surface area contributed by atoms with Gasteiger partial charge in [0, 0.05) is 21.9 Å². The van der Waals surface area contributed by atoms with Crippen LogP contribution >= 0.6 is 22.6 Å². The molecule has 1 N–H and O–H groups in total. The number of aromatic nitrogens is 5. The maximum atomic E-state index is 4.46. The summed E-state index contributed by atoms with van der Waals surface area (Å²) in [6.45, 7) is 0. The molecular formula is C14H16IN5. The van der Waals surface area contributed by atoms with E-state index in [1.165, 1.54) is 30.1 Å². The molecule has 0 spiro atoms. The lowest BCUT2D eigenvalue weighted by Gasteiger charge is -2.26. The van der Waals surface area contributed by atoms with E-state index in [9.17, 15) is 0 Å². The van der Waals surface area contributed by atoms with Crippen molar-refractivity contribution < 1.29 is 0 Å². The smallest absolute Gasteiger partial charge is 0.141 e. The molecule has 3 aromatic heterocycles. The molecule has 104 valence electrons. The van der Waals surface area contributed by atoms with E-state index < -0.39 is 0 Å². The van der Waals surface area contributed by atoms with Gasteiger partial charge < -0.3 is 4.98 Å². The molecule has 0 amide bonds. The Kier molecular flexibility index (Phi) is 3.13. The minimum Gasteiger partial charge on any atom is -0.346 e.